The molecule has 4 atom stereocenters. The van der Waals surface area contributed by atoms with E-state index in [2.05, 4.69) is 24.8 Å². The first-order valence-corrected chi connectivity index (χ1v) is 13.3. The lowest BCUT2D eigenvalue weighted by atomic mass is 9.86. The standard InChI is InChI=1S/C29H39NO6/c1-3-14-30(15-4-2)22-11-12-24-21(16-22)10-13-25(34-19-20-8-6-5-7-9-20)28(24)36-27-18-23(31)17-26(35-27)29(32)33/h5-10,13,22-23,26-27,31H,3-4,11-12,14-19H2,1-2H3,(H,32,33)/t22-,23-,26-,27?/m0/s1. The van der Waals surface area contributed by atoms with Crippen LogP contribution in [0.1, 0.15) is 62.6 Å². The molecule has 1 saturated heterocycles. The molecule has 1 aliphatic carbocycles. The molecule has 0 radical (unpaired) electrons. The summed E-state index contributed by atoms with van der Waals surface area (Å²) >= 11 is 0. The summed E-state index contributed by atoms with van der Waals surface area (Å²) in [5.41, 5.74) is 3.38. The third-order valence-corrected chi connectivity index (χ3v) is 7.07. The molecule has 2 aromatic carbocycles. The molecule has 196 valence electrons. The highest BCUT2D eigenvalue weighted by molar-refractivity contribution is 5.72. The van der Waals surface area contributed by atoms with Crippen LogP contribution in [0.25, 0.3) is 0 Å². The van der Waals surface area contributed by atoms with Gasteiger partial charge in [0, 0.05) is 24.4 Å². The Labute approximate surface area is 214 Å². The van der Waals surface area contributed by atoms with Gasteiger partial charge < -0.3 is 29.3 Å². The zero-order chi connectivity index (χ0) is 25.5. The van der Waals surface area contributed by atoms with Crippen LogP contribution < -0.4 is 9.47 Å². The lowest BCUT2D eigenvalue weighted by Crippen LogP contribution is -2.43. The van der Waals surface area contributed by atoms with Crippen LogP contribution in [0.15, 0.2) is 42.5 Å². The molecule has 1 fully saturated rings. The van der Waals surface area contributed by atoms with E-state index in [1.165, 1.54) is 5.56 Å². The summed E-state index contributed by atoms with van der Waals surface area (Å²) < 4.78 is 18.3. The number of benzene rings is 2. The van der Waals surface area contributed by atoms with Gasteiger partial charge in [0.05, 0.1) is 6.10 Å². The number of carboxylic acids is 1. The van der Waals surface area contributed by atoms with Gasteiger partial charge in [-0.2, -0.15) is 0 Å². The van der Waals surface area contributed by atoms with Gasteiger partial charge in [0.1, 0.15) is 6.61 Å². The van der Waals surface area contributed by atoms with E-state index >= 15 is 0 Å². The van der Waals surface area contributed by atoms with E-state index in [1.54, 1.807) is 0 Å². The first-order chi connectivity index (χ1) is 17.5. The van der Waals surface area contributed by atoms with Crippen molar-refractivity contribution in [1.29, 1.82) is 0 Å². The molecule has 1 aliphatic heterocycles. The third-order valence-electron chi connectivity index (χ3n) is 7.07. The van der Waals surface area contributed by atoms with Gasteiger partial charge in [0.25, 0.3) is 0 Å². The van der Waals surface area contributed by atoms with Crippen LogP contribution in [0.3, 0.4) is 0 Å². The highest BCUT2D eigenvalue weighted by Crippen LogP contribution is 2.40. The molecule has 0 spiro atoms. The van der Waals surface area contributed by atoms with E-state index in [1.807, 2.05) is 36.4 Å². The first kappa shape index (κ1) is 26.5. The second-order valence-corrected chi connectivity index (χ2v) is 9.87. The first-order valence-electron chi connectivity index (χ1n) is 13.3. The quantitative estimate of drug-likeness (QED) is 0.470. The number of aliphatic hydroxyl groups is 1. The smallest absolute Gasteiger partial charge is 0.333 e. The van der Waals surface area contributed by atoms with Crippen LogP contribution in [-0.4, -0.2) is 58.7 Å². The third kappa shape index (κ3) is 6.58. The summed E-state index contributed by atoms with van der Waals surface area (Å²) in [5.74, 6) is 0.140. The van der Waals surface area contributed by atoms with Crippen molar-refractivity contribution in [3.63, 3.8) is 0 Å². The van der Waals surface area contributed by atoms with Gasteiger partial charge in [-0.25, -0.2) is 4.79 Å². The maximum absolute atomic E-state index is 11.5. The fourth-order valence-electron chi connectivity index (χ4n) is 5.35. The van der Waals surface area contributed by atoms with Crippen molar-refractivity contribution < 1.29 is 29.2 Å². The zero-order valence-electron chi connectivity index (χ0n) is 21.4. The molecule has 4 rings (SSSR count). The van der Waals surface area contributed by atoms with Crippen molar-refractivity contribution in [2.45, 2.75) is 89.9 Å². The average Bonchev–Trinajstić information content (AvgIpc) is 2.88. The number of ether oxygens (including phenoxy) is 3. The number of aliphatic hydroxyl groups excluding tert-OH is 1. The van der Waals surface area contributed by atoms with Crippen LogP contribution in [0.2, 0.25) is 0 Å². The number of carbonyl (C=O) groups is 1. The normalized spacial score (nSPS) is 23.8. The van der Waals surface area contributed by atoms with Crippen molar-refractivity contribution in [1.82, 2.24) is 4.90 Å². The molecule has 0 aromatic heterocycles. The Kier molecular flexibility index (Phi) is 9.24. The number of fused-ring (bicyclic) bond motifs is 1. The number of aliphatic carboxylic acids is 1. The number of rotatable bonds is 11. The molecule has 1 heterocycles. The minimum Gasteiger partial charge on any atom is -0.485 e. The summed E-state index contributed by atoms with van der Waals surface area (Å²) in [5, 5.41) is 19.7. The summed E-state index contributed by atoms with van der Waals surface area (Å²) in [7, 11) is 0. The Balaban J connectivity index is 1.60. The van der Waals surface area contributed by atoms with Gasteiger partial charge in [-0.1, -0.05) is 50.2 Å². The Bertz CT molecular complexity index is 991. The molecule has 0 saturated carbocycles. The van der Waals surface area contributed by atoms with E-state index in [0.717, 1.165) is 56.3 Å². The number of hydrogen-bond donors (Lipinski definition) is 2. The SMILES string of the molecule is CCCN(CCC)[C@H]1CCc2c(ccc(OCc3ccccc3)c2OC2C[C@@H](O)C[C@@H](C(=O)O)O2)C1. The maximum atomic E-state index is 11.5. The van der Waals surface area contributed by atoms with Crippen molar-refractivity contribution in [2.24, 2.45) is 0 Å². The Morgan fingerprint density at radius 3 is 2.53 bits per heavy atom. The lowest BCUT2D eigenvalue weighted by molar-refractivity contribution is -0.195. The van der Waals surface area contributed by atoms with Crippen LogP contribution in [0.4, 0.5) is 0 Å². The van der Waals surface area contributed by atoms with Crippen molar-refractivity contribution in [2.75, 3.05) is 13.1 Å². The average molecular weight is 498 g/mol. The molecule has 0 bridgehead atoms. The summed E-state index contributed by atoms with van der Waals surface area (Å²) in [4.78, 5) is 14.1. The maximum Gasteiger partial charge on any atom is 0.333 e. The number of carboxylic acid groups (broad SMARTS) is 1. The van der Waals surface area contributed by atoms with E-state index in [-0.39, 0.29) is 12.8 Å². The van der Waals surface area contributed by atoms with Crippen LogP contribution in [-0.2, 0) is 29.0 Å². The van der Waals surface area contributed by atoms with Crippen LogP contribution >= 0.6 is 0 Å². The molecule has 1 unspecified atom stereocenters. The fourth-order valence-corrected chi connectivity index (χ4v) is 5.35. The van der Waals surface area contributed by atoms with E-state index in [0.29, 0.717) is 24.1 Å². The van der Waals surface area contributed by atoms with Crippen molar-refractivity contribution in [3.8, 4) is 11.5 Å². The van der Waals surface area contributed by atoms with Crippen molar-refractivity contribution in [3.05, 3.63) is 59.2 Å². The fraction of sp³-hybridized carbons (Fsp3) is 0.552. The second-order valence-electron chi connectivity index (χ2n) is 9.87. The molecule has 2 N–H and O–H groups in total. The second kappa shape index (κ2) is 12.6. The zero-order valence-corrected chi connectivity index (χ0v) is 21.4. The summed E-state index contributed by atoms with van der Waals surface area (Å²) in [6.07, 6.45) is 2.63. The molecule has 2 aliphatic rings. The molecule has 7 nitrogen and oxygen atoms in total. The summed E-state index contributed by atoms with van der Waals surface area (Å²) in [6, 6.07) is 14.5. The van der Waals surface area contributed by atoms with Gasteiger partial charge in [-0.3, -0.25) is 0 Å². The van der Waals surface area contributed by atoms with E-state index in [4.69, 9.17) is 14.2 Å². The molecule has 7 heteroatoms. The predicted octanol–water partition coefficient (Wildman–Crippen LogP) is 4.57. The lowest BCUT2D eigenvalue weighted by Gasteiger charge is -2.37. The highest BCUT2D eigenvalue weighted by atomic mass is 16.7. The number of nitrogens with zero attached hydrogens (tertiary/aromatic N) is 1. The van der Waals surface area contributed by atoms with Crippen LogP contribution in [0.5, 0.6) is 11.5 Å². The van der Waals surface area contributed by atoms with Gasteiger partial charge >= 0.3 is 5.97 Å². The van der Waals surface area contributed by atoms with E-state index in [9.17, 15) is 15.0 Å². The summed E-state index contributed by atoms with van der Waals surface area (Å²) in [6.45, 7) is 7.04. The Hall–Kier alpha value is -2.61. The van der Waals surface area contributed by atoms with E-state index < -0.39 is 24.5 Å². The van der Waals surface area contributed by atoms with Crippen molar-refractivity contribution >= 4 is 5.97 Å². The van der Waals surface area contributed by atoms with Gasteiger partial charge in [0.15, 0.2) is 17.6 Å². The topological polar surface area (TPSA) is 88.5 Å². The molecular formula is C29H39NO6. The Morgan fingerprint density at radius 2 is 1.83 bits per heavy atom. The Morgan fingerprint density at radius 1 is 1.08 bits per heavy atom. The molecule has 2 aromatic rings. The van der Waals surface area contributed by atoms with Gasteiger partial charge in [0.2, 0.25) is 6.29 Å². The molecule has 36 heavy (non-hydrogen) atoms. The monoisotopic (exact) mass is 497 g/mol. The predicted molar refractivity (Wildman–Crippen MR) is 137 cm³/mol. The number of hydrogen-bond acceptors (Lipinski definition) is 6. The minimum atomic E-state index is -1.09. The minimum absolute atomic E-state index is 0.0613. The molecular weight excluding hydrogens is 458 g/mol. The van der Waals surface area contributed by atoms with Gasteiger partial charge in [-0.05, 0) is 62.4 Å². The van der Waals surface area contributed by atoms with Crippen LogP contribution in [0, 0.1) is 0 Å². The largest absolute Gasteiger partial charge is 0.485 e. The molecule has 0 amide bonds. The van der Waals surface area contributed by atoms with Gasteiger partial charge in [-0.15, -0.1) is 0 Å². The highest BCUT2D eigenvalue weighted by Gasteiger charge is 2.35.